The van der Waals surface area contributed by atoms with Gasteiger partial charge in [-0.25, -0.2) is 4.98 Å². The molecule has 0 saturated carbocycles. The maximum atomic E-state index is 12.2. The second-order valence-corrected chi connectivity index (χ2v) is 6.94. The molecular weight excluding hydrogens is 362 g/mol. The number of carbonyl (C=O) groups is 1. The number of nitrogens with zero attached hydrogens (tertiary/aromatic N) is 3. The van der Waals surface area contributed by atoms with Crippen LogP contribution in [0, 0.1) is 0 Å². The Morgan fingerprint density at radius 2 is 2.07 bits per heavy atom. The van der Waals surface area contributed by atoms with Gasteiger partial charge < -0.3 is 10.3 Å². The number of nitrogens with one attached hydrogen (secondary N) is 2. The van der Waals surface area contributed by atoms with Gasteiger partial charge in [-0.1, -0.05) is 24.3 Å². The molecule has 0 atom stereocenters. The average molecular weight is 379 g/mol. The predicted octanol–water partition coefficient (Wildman–Crippen LogP) is 2.67. The standard InChI is InChI=1S/C19H17N5O2S/c25-18(14-12-21-17(23-19(14)26)16-7-3-10-27-16)20-8-4-9-24-15-6-2-1-5-13(15)11-22-24/h1-3,5-7,10-12H,4,8-9H2,(H,20,25)(H,21,23,26). The van der Waals surface area contributed by atoms with Crippen molar-refractivity contribution in [2.24, 2.45) is 0 Å². The van der Waals surface area contributed by atoms with E-state index in [9.17, 15) is 9.59 Å². The fourth-order valence-corrected chi connectivity index (χ4v) is 3.50. The molecule has 136 valence electrons. The number of rotatable bonds is 6. The second kappa shape index (κ2) is 7.55. The normalized spacial score (nSPS) is 11.0. The first-order valence-electron chi connectivity index (χ1n) is 8.54. The summed E-state index contributed by atoms with van der Waals surface area (Å²) in [4.78, 5) is 32.1. The number of aromatic amines is 1. The van der Waals surface area contributed by atoms with Crippen molar-refractivity contribution in [2.75, 3.05) is 6.54 Å². The highest BCUT2D eigenvalue weighted by Gasteiger charge is 2.12. The van der Waals surface area contributed by atoms with Gasteiger partial charge in [0.15, 0.2) is 0 Å². The Morgan fingerprint density at radius 3 is 2.89 bits per heavy atom. The summed E-state index contributed by atoms with van der Waals surface area (Å²) in [5.74, 6) is 0.0453. The maximum Gasteiger partial charge on any atom is 0.264 e. The van der Waals surface area contributed by atoms with E-state index in [1.807, 2.05) is 52.7 Å². The molecule has 3 aromatic heterocycles. The van der Waals surface area contributed by atoms with Gasteiger partial charge in [0, 0.05) is 24.7 Å². The molecule has 0 bridgehead atoms. The first kappa shape index (κ1) is 17.2. The summed E-state index contributed by atoms with van der Waals surface area (Å²) >= 11 is 1.47. The average Bonchev–Trinajstić information content (AvgIpc) is 3.35. The van der Waals surface area contributed by atoms with Gasteiger partial charge in [0.25, 0.3) is 11.5 Å². The Morgan fingerprint density at radius 1 is 1.19 bits per heavy atom. The highest BCUT2D eigenvalue weighted by Crippen LogP contribution is 2.19. The van der Waals surface area contributed by atoms with Crippen molar-refractivity contribution in [1.82, 2.24) is 25.1 Å². The lowest BCUT2D eigenvalue weighted by Crippen LogP contribution is -2.31. The van der Waals surface area contributed by atoms with Crippen LogP contribution >= 0.6 is 11.3 Å². The molecule has 4 aromatic rings. The van der Waals surface area contributed by atoms with Crippen molar-refractivity contribution in [2.45, 2.75) is 13.0 Å². The van der Waals surface area contributed by atoms with Gasteiger partial charge in [0.1, 0.15) is 11.4 Å². The van der Waals surface area contributed by atoms with E-state index in [0.717, 1.165) is 15.8 Å². The molecule has 0 unspecified atom stereocenters. The zero-order chi connectivity index (χ0) is 18.6. The van der Waals surface area contributed by atoms with Crippen LogP contribution in [0.1, 0.15) is 16.8 Å². The van der Waals surface area contributed by atoms with E-state index in [2.05, 4.69) is 20.4 Å². The lowest BCUT2D eigenvalue weighted by atomic mass is 10.2. The van der Waals surface area contributed by atoms with Gasteiger partial charge in [-0.2, -0.15) is 5.10 Å². The molecule has 0 spiro atoms. The van der Waals surface area contributed by atoms with Crippen LogP contribution in [0.25, 0.3) is 21.6 Å². The minimum atomic E-state index is -0.441. The molecule has 3 heterocycles. The van der Waals surface area contributed by atoms with Crippen molar-refractivity contribution < 1.29 is 4.79 Å². The third-order valence-corrected chi connectivity index (χ3v) is 5.06. The summed E-state index contributed by atoms with van der Waals surface area (Å²) in [6, 6.07) is 11.7. The molecule has 2 N–H and O–H groups in total. The zero-order valence-electron chi connectivity index (χ0n) is 14.4. The van der Waals surface area contributed by atoms with E-state index in [-0.39, 0.29) is 5.56 Å². The van der Waals surface area contributed by atoms with Gasteiger partial charge >= 0.3 is 0 Å². The van der Waals surface area contributed by atoms with E-state index in [1.165, 1.54) is 17.5 Å². The summed E-state index contributed by atoms with van der Waals surface area (Å²) in [5.41, 5.74) is 0.637. The smallest absolute Gasteiger partial charge is 0.264 e. The number of hydrogen-bond acceptors (Lipinski definition) is 5. The number of aryl methyl sites for hydroxylation is 1. The van der Waals surface area contributed by atoms with Crippen LogP contribution in [0.4, 0.5) is 0 Å². The van der Waals surface area contributed by atoms with Crippen molar-refractivity contribution in [3.63, 3.8) is 0 Å². The summed E-state index contributed by atoms with van der Waals surface area (Å²) < 4.78 is 1.91. The largest absolute Gasteiger partial charge is 0.352 e. The number of hydrogen-bond donors (Lipinski definition) is 2. The summed E-state index contributed by atoms with van der Waals surface area (Å²) in [6.45, 7) is 1.12. The molecule has 0 fully saturated rings. The lowest BCUT2D eigenvalue weighted by Gasteiger charge is -2.06. The van der Waals surface area contributed by atoms with Gasteiger partial charge in [0.05, 0.1) is 16.6 Å². The molecule has 8 heteroatoms. The maximum absolute atomic E-state index is 12.2. The molecule has 4 rings (SSSR count). The van der Waals surface area contributed by atoms with E-state index in [0.29, 0.717) is 25.3 Å². The molecule has 0 aliphatic carbocycles. The van der Waals surface area contributed by atoms with Crippen molar-refractivity contribution >= 4 is 28.1 Å². The topological polar surface area (TPSA) is 92.7 Å². The molecule has 1 aromatic carbocycles. The fraction of sp³-hybridized carbons (Fsp3) is 0.158. The Labute approximate surface area is 158 Å². The van der Waals surface area contributed by atoms with Gasteiger partial charge in [-0.05, 0) is 23.9 Å². The number of thiophene rings is 1. The summed E-state index contributed by atoms with van der Waals surface area (Å²) in [7, 11) is 0. The van der Waals surface area contributed by atoms with E-state index in [1.54, 1.807) is 0 Å². The number of H-pyrrole nitrogens is 1. The molecule has 0 radical (unpaired) electrons. The third kappa shape index (κ3) is 3.65. The predicted molar refractivity (Wildman–Crippen MR) is 105 cm³/mol. The highest BCUT2D eigenvalue weighted by atomic mass is 32.1. The molecule has 0 saturated heterocycles. The molecular formula is C19H17N5O2S. The van der Waals surface area contributed by atoms with Crippen molar-refractivity contribution in [1.29, 1.82) is 0 Å². The minimum absolute atomic E-state index is 0.0137. The van der Waals surface area contributed by atoms with Crippen LogP contribution in [0.5, 0.6) is 0 Å². The summed E-state index contributed by atoms with van der Waals surface area (Å²) in [5, 5.41) is 10.1. The number of carbonyl (C=O) groups excluding carboxylic acids is 1. The third-order valence-electron chi connectivity index (χ3n) is 4.18. The second-order valence-electron chi connectivity index (χ2n) is 5.99. The SMILES string of the molecule is O=C(NCCCn1ncc2ccccc21)c1cnc(-c2cccs2)[nH]c1=O. The summed E-state index contributed by atoms with van der Waals surface area (Å²) in [6.07, 6.45) is 3.86. The van der Waals surface area contributed by atoms with Crippen LogP contribution in [0.15, 0.2) is 59.0 Å². The van der Waals surface area contributed by atoms with E-state index >= 15 is 0 Å². The van der Waals surface area contributed by atoms with E-state index in [4.69, 9.17) is 0 Å². The minimum Gasteiger partial charge on any atom is -0.352 e. The van der Waals surface area contributed by atoms with E-state index < -0.39 is 11.5 Å². The molecule has 27 heavy (non-hydrogen) atoms. The number of aromatic nitrogens is 4. The molecule has 0 aliphatic heterocycles. The van der Waals surface area contributed by atoms with Gasteiger partial charge in [-0.3, -0.25) is 14.3 Å². The number of benzene rings is 1. The first-order valence-corrected chi connectivity index (χ1v) is 9.42. The highest BCUT2D eigenvalue weighted by molar-refractivity contribution is 7.13. The Kier molecular flexibility index (Phi) is 4.80. The Bertz CT molecular complexity index is 1130. The number of amides is 1. The fourth-order valence-electron chi connectivity index (χ4n) is 2.83. The monoisotopic (exact) mass is 379 g/mol. The molecule has 1 amide bonds. The van der Waals surface area contributed by atoms with Gasteiger partial charge in [-0.15, -0.1) is 11.3 Å². The van der Waals surface area contributed by atoms with Crippen LogP contribution in [0.3, 0.4) is 0 Å². The first-order chi connectivity index (χ1) is 13.2. The van der Waals surface area contributed by atoms with Crippen molar-refractivity contribution in [3.8, 4) is 10.7 Å². The van der Waals surface area contributed by atoms with Crippen LogP contribution in [0.2, 0.25) is 0 Å². The van der Waals surface area contributed by atoms with Crippen LogP contribution in [-0.2, 0) is 6.54 Å². The number of fused-ring (bicyclic) bond motifs is 1. The van der Waals surface area contributed by atoms with Crippen molar-refractivity contribution in [3.05, 3.63) is 70.1 Å². The van der Waals surface area contributed by atoms with Gasteiger partial charge in [0.2, 0.25) is 0 Å². The van der Waals surface area contributed by atoms with Crippen LogP contribution < -0.4 is 10.9 Å². The Hall–Kier alpha value is -3.26. The number of para-hydroxylation sites is 1. The molecule has 0 aliphatic rings. The Balaban J connectivity index is 1.35. The quantitative estimate of drug-likeness (QED) is 0.504. The van der Waals surface area contributed by atoms with Crippen LogP contribution in [-0.4, -0.2) is 32.2 Å². The zero-order valence-corrected chi connectivity index (χ0v) is 15.2. The molecule has 7 nitrogen and oxygen atoms in total. The lowest BCUT2D eigenvalue weighted by molar-refractivity contribution is 0.0950.